The third-order valence-electron chi connectivity index (χ3n) is 6.18. The van der Waals surface area contributed by atoms with Gasteiger partial charge in [-0.25, -0.2) is 0 Å². The number of carbonyl (C=O) groups is 2. The lowest BCUT2D eigenvalue weighted by Gasteiger charge is -2.37. The predicted octanol–water partition coefficient (Wildman–Crippen LogP) is 2.87. The number of rotatable bonds is 4. The first-order valence-corrected chi connectivity index (χ1v) is 10.4. The molecule has 0 saturated carbocycles. The summed E-state index contributed by atoms with van der Waals surface area (Å²) in [5.74, 6) is 0.860. The zero-order valence-electron chi connectivity index (χ0n) is 18.3. The van der Waals surface area contributed by atoms with E-state index in [0.29, 0.717) is 48.7 Å². The van der Waals surface area contributed by atoms with Crippen LogP contribution in [-0.4, -0.2) is 55.4 Å². The molecule has 1 saturated heterocycles. The van der Waals surface area contributed by atoms with E-state index in [2.05, 4.69) is 5.32 Å². The Morgan fingerprint density at radius 3 is 2.42 bits per heavy atom. The monoisotopic (exact) mass is 421 g/mol. The third-order valence-corrected chi connectivity index (χ3v) is 6.18. The summed E-state index contributed by atoms with van der Waals surface area (Å²) in [5, 5.41) is 3.07. The normalized spacial score (nSPS) is 17.4. The molecule has 2 heterocycles. The molecule has 31 heavy (non-hydrogen) atoms. The lowest BCUT2D eigenvalue weighted by atomic mass is 9.97. The number of aliphatic imine (C=N–C) groups is 1. The maximum Gasteiger partial charge on any atom is 0.272 e. The highest BCUT2D eigenvalue weighted by Crippen LogP contribution is 2.32. The van der Waals surface area contributed by atoms with Crippen LogP contribution in [-0.2, 0) is 4.79 Å². The molecule has 1 N–H and O–H groups in total. The van der Waals surface area contributed by atoms with Gasteiger partial charge >= 0.3 is 0 Å². The van der Waals surface area contributed by atoms with Crippen molar-refractivity contribution >= 4 is 17.5 Å². The number of ether oxygens (including phenoxy) is 2. The van der Waals surface area contributed by atoms with Crippen LogP contribution in [0.1, 0.15) is 39.9 Å². The average Bonchev–Trinajstić information content (AvgIpc) is 3.10. The first-order valence-electron chi connectivity index (χ1n) is 10.4. The first-order chi connectivity index (χ1) is 14.9. The van der Waals surface area contributed by atoms with E-state index in [1.807, 2.05) is 32.0 Å². The van der Waals surface area contributed by atoms with Gasteiger partial charge in [0.15, 0.2) is 0 Å². The number of hydrogen-bond acceptors (Lipinski definition) is 5. The molecule has 1 spiro atoms. The van der Waals surface area contributed by atoms with E-state index in [4.69, 9.17) is 14.5 Å². The largest absolute Gasteiger partial charge is 0.497 e. The summed E-state index contributed by atoms with van der Waals surface area (Å²) in [7, 11) is 3.11. The molecular weight excluding hydrogens is 394 g/mol. The number of nitrogens with zero attached hydrogens (tertiary/aromatic N) is 2. The van der Waals surface area contributed by atoms with E-state index in [1.54, 1.807) is 30.2 Å². The van der Waals surface area contributed by atoms with Gasteiger partial charge in [-0.3, -0.25) is 14.6 Å². The topological polar surface area (TPSA) is 80.2 Å². The molecule has 162 valence electrons. The van der Waals surface area contributed by atoms with Gasteiger partial charge < -0.3 is 19.7 Å². The Balaban J connectivity index is 1.50. The fraction of sp³-hybridized carbons (Fsp3) is 0.375. The maximum absolute atomic E-state index is 13.1. The van der Waals surface area contributed by atoms with Crippen molar-refractivity contribution in [3.63, 3.8) is 0 Å². The molecule has 2 amide bonds. The Kier molecular flexibility index (Phi) is 5.43. The number of piperidine rings is 1. The minimum atomic E-state index is -0.647. The first kappa shape index (κ1) is 20.9. The van der Waals surface area contributed by atoms with Crippen LogP contribution >= 0.6 is 0 Å². The third kappa shape index (κ3) is 3.87. The minimum absolute atomic E-state index is 0.1000. The van der Waals surface area contributed by atoms with E-state index in [0.717, 1.165) is 11.1 Å². The van der Waals surface area contributed by atoms with Crippen molar-refractivity contribution in [2.24, 2.45) is 4.99 Å². The van der Waals surface area contributed by atoms with Gasteiger partial charge in [-0.15, -0.1) is 0 Å². The molecule has 2 aliphatic rings. The molecule has 2 aromatic rings. The summed E-state index contributed by atoms with van der Waals surface area (Å²) in [5.41, 5.74) is 3.46. The van der Waals surface area contributed by atoms with Crippen molar-refractivity contribution in [3.8, 4) is 11.5 Å². The van der Waals surface area contributed by atoms with E-state index in [1.165, 1.54) is 12.7 Å². The second-order valence-corrected chi connectivity index (χ2v) is 8.10. The Hall–Kier alpha value is -3.35. The van der Waals surface area contributed by atoms with Crippen LogP contribution < -0.4 is 14.8 Å². The molecule has 0 aromatic heterocycles. The second kappa shape index (κ2) is 8.06. The van der Waals surface area contributed by atoms with E-state index in [-0.39, 0.29) is 11.8 Å². The lowest BCUT2D eigenvalue weighted by Crippen LogP contribution is -2.52. The van der Waals surface area contributed by atoms with Crippen molar-refractivity contribution in [3.05, 3.63) is 58.7 Å². The average molecular weight is 421 g/mol. The SMILES string of the molecule is COc1ccc(C(=O)N2CCC3(CC2)N=C(c2ccc(C)c(C)c2)C(=O)N3)c(OC)c1. The number of aryl methyl sites for hydroxylation is 2. The summed E-state index contributed by atoms with van der Waals surface area (Å²) >= 11 is 0. The van der Waals surface area contributed by atoms with Crippen LogP contribution in [0.4, 0.5) is 0 Å². The summed E-state index contributed by atoms with van der Waals surface area (Å²) < 4.78 is 10.6. The van der Waals surface area contributed by atoms with Crippen molar-refractivity contribution in [1.82, 2.24) is 10.2 Å². The highest BCUT2D eigenvalue weighted by atomic mass is 16.5. The number of nitrogens with one attached hydrogen (secondary N) is 1. The van der Waals surface area contributed by atoms with E-state index < -0.39 is 5.66 Å². The van der Waals surface area contributed by atoms with Gasteiger partial charge in [-0.2, -0.15) is 0 Å². The molecule has 0 unspecified atom stereocenters. The molecule has 7 heteroatoms. The Bertz CT molecular complexity index is 1070. The van der Waals surface area contributed by atoms with Crippen molar-refractivity contribution in [2.75, 3.05) is 27.3 Å². The van der Waals surface area contributed by atoms with Crippen molar-refractivity contribution < 1.29 is 19.1 Å². The van der Waals surface area contributed by atoms with Gasteiger partial charge in [-0.1, -0.05) is 12.1 Å². The van der Waals surface area contributed by atoms with E-state index >= 15 is 0 Å². The highest BCUT2D eigenvalue weighted by molar-refractivity contribution is 6.46. The molecule has 7 nitrogen and oxygen atoms in total. The van der Waals surface area contributed by atoms with Crippen LogP contribution in [0.15, 0.2) is 41.4 Å². The van der Waals surface area contributed by atoms with Crippen LogP contribution in [0.3, 0.4) is 0 Å². The summed E-state index contributed by atoms with van der Waals surface area (Å²) in [4.78, 5) is 32.3. The van der Waals surface area contributed by atoms with Gasteiger partial charge in [0.05, 0.1) is 19.8 Å². The van der Waals surface area contributed by atoms with Crippen LogP contribution in [0.5, 0.6) is 11.5 Å². The quantitative estimate of drug-likeness (QED) is 0.823. The molecule has 0 bridgehead atoms. The molecular formula is C24H27N3O4. The second-order valence-electron chi connectivity index (χ2n) is 8.10. The zero-order valence-corrected chi connectivity index (χ0v) is 18.3. The Labute approximate surface area is 182 Å². The number of amides is 2. The summed E-state index contributed by atoms with van der Waals surface area (Å²) in [6.45, 7) is 5.07. The fourth-order valence-corrected chi connectivity index (χ4v) is 4.11. The number of likely N-dealkylation sites (tertiary alicyclic amines) is 1. The van der Waals surface area contributed by atoms with Crippen molar-refractivity contribution in [2.45, 2.75) is 32.4 Å². The summed E-state index contributed by atoms with van der Waals surface area (Å²) in [6.07, 6.45) is 1.13. The maximum atomic E-state index is 13.1. The standard InChI is InChI=1S/C24H27N3O4/c1-15-5-6-17(13-16(15)2)21-22(28)26-24(25-21)9-11-27(12-10-24)23(29)19-8-7-18(30-3)14-20(19)31-4/h5-8,13-14H,9-12H2,1-4H3,(H,26,28). The highest BCUT2D eigenvalue weighted by Gasteiger charge is 2.43. The molecule has 0 atom stereocenters. The number of benzene rings is 2. The molecule has 0 aliphatic carbocycles. The van der Waals surface area contributed by atoms with E-state index in [9.17, 15) is 9.59 Å². The van der Waals surface area contributed by atoms with Gasteiger partial charge in [0.1, 0.15) is 22.9 Å². The lowest BCUT2D eigenvalue weighted by molar-refractivity contribution is -0.115. The Morgan fingerprint density at radius 2 is 1.77 bits per heavy atom. The molecule has 2 aliphatic heterocycles. The van der Waals surface area contributed by atoms with Gasteiger partial charge in [0, 0.05) is 37.6 Å². The number of hydrogen-bond donors (Lipinski definition) is 1. The van der Waals surface area contributed by atoms with Gasteiger partial charge in [0.2, 0.25) is 0 Å². The molecule has 0 radical (unpaired) electrons. The number of carbonyl (C=O) groups excluding carboxylic acids is 2. The zero-order chi connectivity index (χ0) is 22.2. The minimum Gasteiger partial charge on any atom is -0.497 e. The van der Waals surface area contributed by atoms with Gasteiger partial charge in [0.25, 0.3) is 11.8 Å². The predicted molar refractivity (Wildman–Crippen MR) is 118 cm³/mol. The molecule has 2 aromatic carbocycles. The molecule has 1 fully saturated rings. The smallest absolute Gasteiger partial charge is 0.272 e. The van der Waals surface area contributed by atoms with Crippen LogP contribution in [0, 0.1) is 13.8 Å². The summed E-state index contributed by atoms with van der Waals surface area (Å²) in [6, 6.07) is 11.1. The number of methoxy groups -OCH3 is 2. The van der Waals surface area contributed by atoms with Crippen LogP contribution in [0.2, 0.25) is 0 Å². The van der Waals surface area contributed by atoms with Crippen LogP contribution in [0.25, 0.3) is 0 Å². The fourth-order valence-electron chi connectivity index (χ4n) is 4.11. The van der Waals surface area contributed by atoms with Gasteiger partial charge in [-0.05, 0) is 43.2 Å². The Morgan fingerprint density at radius 1 is 1.03 bits per heavy atom. The van der Waals surface area contributed by atoms with Crippen molar-refractivity contribution in [1.29, 1.82) is 0 Å². The molecule has 4 rings (SSSR count).